The van der Waals surface area contributed by atoms with E-state index in [1.54, 1.807) is 0 Å². The topological polar surface area (TPSA) is 61.4 Å². The third-order valence-corrected chi connectivity index (χ3v) is 2.60. The zero-order chi connectivity index (χ0) is 14.8. The highest BCUT2D eigenvalue weighted by Crippen LogP contribution is 2.03. The highest BCUT2D eigenvalue weighted by molar-refractivity contribution is 5.92. The van der Waals surface area contributed by atoms with Crippen LogP contribution in [0.1, 0.15) is 33.1 Å². The zero-order valence-electron chi connectivity index (χ0n) is 12.5. The molecule has 0 heterocycles. The first-order chi connectivity index (χ1) is 8.86. The maximum atomic E-state index is 12.0. The van der Waals surface area contributed by atoms with Crippen molar-refractivity contribution in [2.75, 3.05) is 20.6 Å². The average Bonchev–Trinajstić information content (AvgIpc) is 2.31. The lowest BCUT2D eigenvalue weighted by atomic mass is 10.1. The molecule has 0 bridgehead atoms. The summed E-state index contributed by atoms with van der Waals surface area (Å²) in [5.74, 6) is -0.438. The number of rotatable bonds is 9. The molecule has 5 nitrogen and oxygen atoms in total. The molecule has 0 fully saturated rings. The van der Waals surface area contributed by atoms with Gasteiger partial charge < -0.3 is 15.5 Å². The molecular formula is C14H27N3O2. The predicted molar refractivity (Wildman–Crippen MR) is 77.8 cm³/mol. The van der Waals surface area contributed by atoms with Crippen LogP contribution in [-0.4, -0.2) is 49.4 Å². The van der Waals surface area contributed by atoms with Gasteiger partial charge in [0, 0.05) is 6.04 Å². The lowest BCUT2D eigenvalue weighted by molar-refractivity contribution is -0.127. The van der Waals surface area contributed by atoms with E-state index >= 15 is 0 Å². The number of amides is 2. The van der Waals surface area contributed by atoms with Crippen LogP contribution in [0.4, 0.5) is 0 Å². The van der Waals surface area contributed by atoms with Crippen LogP contribution in [0.15, 0.2) is 12.7 Å². The van der Waals surface area contributed by atoms with Crippen molar-refractivity contribution in [3.05, 3.63) is 12.7 Å². The van der Waals surface area contributed by atoms with Gasteiger partial charge >= 0.3 is 0 Å². The minimum absolute atomic E-state index is 0.0670. The fourth-order valence-electron chi connectivity index (χ4n) is 1.66. The lowest BCUT2D eigenvalue weighted by Gasteiger charge is -2.19. The lowest BCUT2D eigenvalue weighted by Crippen LogP contribution is -2.48. The van der Waals surface area contributed by atoms with Gasteiger partial charge in [0.05, 0.1) is 0 Å². The van der Waals surface area contributed by atoms with Crippen molar-refractivity contribution in [2.45, 2.75) is 45.2 Å². The van der Waals surface area contributed by atoms with Crippen molar-refractivity contribution in [1.29, 1.82) is 0 Å². The molecule has 1 unspecified atom stereocenters. The van der Waals surface area contributed by atoms with Crippen LogP contribution in [0.25, 0.3) is 0 Å². The molecule has 0 radical (unpaired) electrons. The Bertz CT molecular complexity index is 301. The van der Waals surface area contributed by atoms with Gasteiger partial charge in [-0.15, -0.1) is 0 Å². The number of hydrogen-bond acceptors (Lipinski definition) is 3. The Morgan fingerprint density at radius 3 is 2.32 bits per heavy atom. The minimum Gasteiger partial charge on any atom is -0.352 e. The second-order valence-electron chi connectivity index (χ2n) is 5.23. The second kappa shape index (κ2) is 9.55. The predicted octanol–water partition coefficient (Wildman–Crippen LogP) is 0.914. The van der Waals surface area contributed by atoms with E-state index in [2.05, 4.69) is 22.1 Å². The Hall–Kier alpha value is -1.36. The van der Waals surface area contributed by atoms with Crippen molar-refractivity contribution in [1.82, 2.24) is 15.5 Å². The molecule has 0 aliphatic heterocycles. The molecule has 0 aliphatic rings. The van der Waals surface area contributed by atoms with Gasteiger partial charge in [-0.05, 0) is 59.8 Å². The SMILES string of the molecule is C=CC(=O)NC(CCCCN(C)C)C(=O)NC(C)C. The quantitative estimate of drug-likeness (QED) is 0.483. The highest BCUT2D eigenvalue weighted by atomic mass is 16.2. The molecule has 0 rings (SSSR count). The Morgan fingerprint density at radius 2 is 1.84 bits per heavy atom. The molecule has 0 aliphatic carbocycles. The third kappa shape index (κ3) is 9.25. The third-order valence-electron chi connectivity index (χ3n) is 2.60. The molecule has 110 valence electrons. The van der Waals surface area contributed by atoms with Crippen LogP contribution in [0.2, 0.25) is 0 Å². The van der Waals surface area contributed by atoms with Gasteiger partial charge in [-0.1, -0.05) is 6.58 Å². The van der Waals surface area contributed by atoms with E-state index in [0.29, 0.717) is 6.42 Å². The summed E-state index contributed by atoms with van der Waals surface area (Å²) in [5, 5.41) is 5.50. The Morgan fingerprint density at radius 1 is 1.21 bits per heavy atom. The molecule has 2 N–H and O–H groups in total. The van der Waals surface area contributed by atoms with E-state index in [1.165, 1.54) is 6.08 Å². The molecule has 0 saturated carbocycles. The van der Waals surface area contributed by atoms with Crippen molar-refractivity contribution >= 4 is 11.8 Å². The molecule has 0 aromatic carbocycles. The standard InChI is InChI=1S/C14H27N3O2/c1-6-13(18)16-12(14(19)15-11(2)3)9-7-8-10-17(4)5/h6,11-12H,1,7-10H2,2-5H3,(H,15,19)(H,16,18). The monoisotopic (exact) mass is 269 g/mol. The first kappa shape index (κ1) is 17.6. The van der Waals surface area contributed by atoms with Crippen LogP contribution in [0, 0.1) is 0 Å². The van der Waals surface area contributed by atoms with Gasteiger partial charge in [0.2, 0.25) is 11.8 Å². The summed E-state index contributed by atoms with van der Waals surface area (Å²) in [6, 6.07) is -0.410. The summed E-state index contributed by atoms with van der Waals surface area (Å²) < 4.78 is 0. The molecule has 2 amide bonds. The van der Waals surface area contributed by atoms with Gasteiger partial charge in [0.1, 0.15) is 6.04 Å². The van der Waals surface area contributed by atoms with Crippen LogP contribution in [-0.2, 0) is 9.59 Å². The summed E-state index contributed by atoms with van der Waals surface area (Å²) in [6.07, 6.45) is 3.73. The molecule has 19 heavy (non-hydrogen) atoms. The number of nitrogens with zero attached hydrogens (tertiary/aromatic N) is 1. The van der Waals surface area contributed by atoms with E-state index in [-0.39, 0.29) is 17.9 Å². The average molecular weight is 269 g/mol. The van der Waals surface area contributed by atoms with E-state index in [9.17, 15) is 9.59 Å². The summed E-state index contributed by atoms with van der Waals surface area (Å²) in [7, 11) is 4.03. The Labute approximate surface area is 116 Å². The normalized spacial score (nSPS) is 12.3. The van der Waals surface area contributed by atoms with Gasteiger partial charge in [-0.3, -0.25) is 9.59 Å². The first-order valence-electron chi connectivity index (χ1n) is 6.74. The summed E-state index contributed by atoms with van der Waals surface area (Å²) in [6.45, 7) is 8.18. The van der Waals surface area contributed by atoms with Gasteiger partial charge in [0.25, 0.3) is 0 Å². The molecule has 5 heteroatoms. The van der Waals surface area contributed by atoms with Gasteiger partial charge in [-0.25, -0.2) is 0 Å². The molecule has 1 atom stereocenters. The maximum Gasteiger partial charge on any atom is 0.244 e. The largest absolute Gasteiger partial charge is 0.352 e. The van der Waals surface area contributed by atoms with Gasteiger partial charge in [-0.2, -0.15) is 0 Å². The van der Waals surface area contributed by atoms with E-state index in [4.69, 9.17) is 0 Å². The van der Waals surface area contributed by atoms with Crippen molar-refractivity contribution < 1.29 is 9.59 Å². The Balaban J connectivity index is 4.28. The Kier molecular flexibility index (Phi) is 8.87. The molecule has 0 saturated heterocycles. The summed E-state index contributed by atoms with van der Waals surface area (Å²) in [5.41, 5.74) is 0. The van der Waals surface area contributed by atoms with Crippen LogP contribution in [0.3, 0.4) is 0 Å². The number of carbonyl (C=O) groups excluding carboxylic acids is 2. The number of hydrogen-bond donors (Lipinski definition) is 2. The summed E-state index contributed by atoms with van der Waals surface area (Å²) >= 11 is 0. The van der Waals surface area contributed by atoms with Gasteiger partial charge in [0.15, 0.2) is 0 Å². The molecule has 0 aromatic rings. The second-order valence-corrected chi connectivity index (χ2v) is 5.23. The van der Waals surface area contributed by atoms with E-state index < -0.39 is 6.04 Å². The van der Waals surface area contributed by atoms with Crippen molar-refractivity contribution in [3.63, 3.8) is 0 Å². The molecular weight excluding hydrogens is 242 g/mol. The van der Waals surface area contributed by atoms with E-state index in [1.807, 2.05) is 27.9 Å². The summed E-state index contributed by atoms with van der Waals surface area (Å²) in [4.78, 5) is 25.4. The van der Waals surface area contributed by atoms with E-state index in [0.717, 1.165) is 19.4 Å². The maximum absolute atomic E-state index is 12.0. The number of nitrogens with one attached hydrogen (secondary N) is 2. The smallest absolute Gasteiger partial charge is 0.244 e. The van der Waals surface area contributed by atoms with Crippen LogP contribution in [0.5, 0.6) is 0 Å². The first-order valence-corrected chi connectivity index (χ1v) is 6.74. The highest BCUT2D eigenvalue weighted by Gasteiger charge is 2.19. The molecule has 0 spiro atoms. The fraction of sp³-hybridized carbons (Fsp3) is 0.714. The van der Waals surface area contributed by atoms with Crippen molar-refractivity contribution in [2.24, 2.45) is 0 Å². The number of carbonyl (C=O) groups is 2. The molecule has 0 aromatic heterocycles. The number of unbranched alkanes of at least 4 members (excludes halogenated alkanes) is 1. The van der Waals surface area contributed by atoms with Crippen LogP contribution < -0.4 is 10.6 Å². The zero-order valence-corrected chi connectivity index (χ0v) is 12.5. The fourth-order valence-corrected chi connectivity index (χ4v) is 1.66. The van der Waals surface area contributed by atoms with Crippen molar-refractivity contribution in [3.8, 4) is 0 Å². The minimum atomic E-state index is -0.477. The van der Waals surface area contributed by atoms with Crippen LogP contribution >= 0.6 is 0 Å².